The number of hydrogen-bond acceptors (Lipinski definition) is 4. The van der Waals surface area contributed by atoms with Gasteiger partial charge in [0.2, 0.25) is 5.91 Å². The molecule has 0 heterocycles. The number of benzene rings is 1. The van der Waals surface area contributed by atoms with Crippen molar-refractivity contribution < 1.29 is 18.1 Å². The Morgan fingerprint density at radius 2 is 1.76 bits per heavy atom. The van der Waals surface area contributed by atoms with Crippen LogP contribution < -0.4 is 5.32 Å². The first kappa shape index (κ1) is 17.6. The quantitative estimate of drug-likeness (QED) is 0.431. The third kappa shape index (κ3) is 6.22. The van der Waals surface area contributed by atoms with Crippen LogP contribution >= 0.6 is 0 Å². The van der Waals surface area contributed by atoms with Gasteiger partial charge in [-0.25, -0.2) is 0 Å². The van der Waals surface area contributed by atoms with Gasteiger partial charge in [-0.1, -0.05) is 30.3 Å². The lowest BCUT2D eigenvalue weighted by Crippen LogP contribution is -2.43. The summed E-state index contributed by atoms with van der Waals surface area (Å²) >= 11 is 0. The van der Waals surface area contributed by atoms with Crippen molar-refractivity contribution in [3.05, 3.63) is 42.0 Å². The Kier molecular flexibility index (Phi) is 7.92. The van der Waals surface area contributed by atoms with E-state index >= 15 is 0 Å². The van der Waals surface area contributed by atoms with Gasteiger partial charge in [0.1, 0.15) is 0 Å². The van der Waals surface area contributed by atoms with Crippen molar-refractivity contribution in [2.75, 3.05) is 27.9 Å². The van der Waals surface area contributed by atoms with E-state index < -0.39 is 8.80 Å². The Hall–Kier alpha value is -1.47. The maximum Gasteiger partial charge on any atom is 0.500 e. The summed E-state index contributed by atoms with van der Waals surface area (Å²) in [4.78, 5) is 11.7. The van der Waals surface area contributed by atoms with Crippen LogP contribution in [0.3, 0.4) is 0 Å². The average molecular weight is 309 g/mol. The molecule has 0 saturated carbocycles. The van der Waals surface area contributed by atoms with Gasteiger partial charge in [-0.2, -0.15) is 0 Å². The number of carbonyl (C=O) groups excluding carboxylic acids is 1. The largest absolute Gasteiger partial charge is 0.500 e. The lowest BCUT2D eigenvalue weighted by atomic mass is 10.2. The summed E-state index contributed by atoms with van der Waals surface area (Å²) in [6.07, 6.45) is 4.06. The normalized spacial score (nSPS) is 11.8. The Morgan fingerprint density at radius 1 is 1.14 bits per heavy atom. The molecule has 1 rings (SSSR count). The standard InChI is InChI=1S/C15H23NO4Si/c1-18-21(19-2,20-3)13-7-12-16-15(17)11-10-14-8-5-4-6-9-14/h4-6,8-11H,7,12-13H2,1-3H3,(H,16,17)/b11-10+. The van der Waals surface area contributed by atoms with Gasteiger partial charge in [0.05, 0.1) is 0 Å². The summed E-state index contributed by atoms with van der Waals surface area (Å²) in [5.41, 5.74) is 0.997. The smallest absolute Gasteiger partial charge is 0.377 e. The molecular weight excluding hydrogens is 286 g/mol. The fraction of sp³-hybridized carbons (Fsp3) is 0.400. The van der Waals surface area contributed by atoms with E-state index in [0.29, 0.717) is 12.6 Å². The summed E-state index contributed by atoms with van der Waals surface area (Å²) in [5, 5.41) is 2.83. The van der Waals surface area contributed by atoms with Crippen molar-refractivity contribution >= 4 is 20.8 Å². The highest BCUT2D eigenvalue weighted by atomic mass is 28.4. The molecule has 5 nitrogen and oxygen atoms in total. The lowest BCUT2D eigenvalue weighted by molar-refractivity contribution is -0.116. The van der Waals surface area contributed by atoms with E-state index in [0.717, 1.165) is 12.0 Å². The van der Waals surface area contributed by atoms with Crippen molar-refractivity contribution in [1.82, 2.24) is 5.32 Å². The van der Waals surface area contributed by atoms with E-state index in [1.165, 1.54) is 6.08 Å². The zero-order valence-electron chi connectivity index (χ0n) is 12.8. The molecule has 1 N–H and O–H groups in total. The molecule has 0 radical (unpaired) electrons. The van der Waals surface area contributed by atoms with Crippen LogP contribution in [-0.4, -0.2) is 42.6 Å². The fourth-order valence-electron chi connectivity index (χ4n) is 1.87. The minimum atomic E-state index is -2.53. The van der Waals surface area contributed by atoms with Gasteiger partial charge in [-0.05, 0) is 18.1 Å². The number of hydrogen-bond donors (Lipinski definition) is 1. The topological polar surface area (TPSA) is 56.8 Å². The fourth-order valence-corrected chi connectivity index (χ4v) is 3.59. The average Bonchev–Trinajstić information content (AvgIpc) is 2.55. The zero-order chi connectivity index (χ0) is 15.6. The number of amides is 1. The molecule has 1 aromatic carbocycles. The maximum absolute atomic E-state index is 11.7. The Balaban J connectivity index is 2.29. The van der Waals surface area contributed by atoms with E-state index in [1.54, 1.807) is 27.4 Å². The van der Waals surface area contributed by atoms with E-state index in [2.05, 4.69) is 5.32 Å². The van der Waals surface area contributed by atoms with E-state index in [-0.39, 0.29) is 5.91 Å². The van der Waals surface area contributed by atoms with Crippen molar-refractivity contribution in [2.24, 2.45) is 0 Å². The van der Waals surface area contributed by atoms with Gasteiger partial charge in [-0.3, -0.25) is 4.79 Å². The third-order valence-corrected chi connectivity index (χ3v) is 5.95. The van der Waals surface area contributed by atoms with Crippen molar-refractivity contribution in [1.29, 1.82) is 0 Å². The molecule has 0 unspecified atom stereocenters. The molecule has 1 aromatic rings. The minimum absolute atomic E-state index is 0.113. The van der Waals surface area contributed by atoms with Crippen molar-refractivity contribution in [3.63, 3.8) is 0 Å². The lowest BCUT2D eigenvalue weighted by Gasteiger charge is -2.24. The third-order valence-electron chi connectivity index (χ3n) is 3.12. The van der Waals surface area contributed by atoms with Crippen LogP contribution in [0.1, 0.15) is 12.0 Å². The van der Waals surface area contributed by atoms with Gasteiger partial charge < -0.3 is 18.6 Å². The highest BCUT2D eigenvalue weighted by molar-refractivity contribution is 6.60. The number of rotatable bonds is 9. The first-order valence-electron chi connectivity index (χ1n) is 6.82. The molecule has 0 aliphatic carbocycles. The van der Waals surface area contributed by atoms with Gasteiger partial charge >= 0.3 is 8.80 Å². The monoisotopic (exact) mass is 309 g/mol. The van der Waals surface area contributed by atoms with Gasteiger partial charge in [0.25, 0.3) is 0 Å². The molecule has 21 heavy (non-hydrogen) atoms. The van der Waals surface area contributed by atoms with Crippen LogP contribution in [0, 0.1) is 0 Å². The summed E-state index contributed by atoms with van der Waals surface area (Å²) in [7, 11) is 2.22. The second-order valence-corrected chi connectivity index (χ2v) is 7.52. The molecule has 116 valence electrons. The number of nitrogens with one attached hydrogen (secondary N) is 1. The summed E-state index contributed by atoms with van der Waals surface area (Å²) in [6.45, 7) is 0.558. The molecule has 6 heteroatoms. The van der Waals surface area contributed by atoms with Crippen LogP contribution in [-0.2, 0) is 18.1 Å². The molecule has 0 bridgehead atoms. The first-order chi connectivity index (χ1) is 10.2. The van der Waals surface area contributed by atoms with Crippen molar-refractivity contribution in [3.8, 4) is 0 Å². The predicted molar refractivity (Wildman–Crippen MR) is 84.7 cm³/mol. The molecule has 0 atom stereocenters. The highest BCUT2D eigenvalue weighted by Gasteiger charge is 2.36. The molecule has 0 spiro atoms. The first-order valence-corrected chi connectivity index (χ1v) is 8.75. The highest BCUT2D eigenvalue weighted by Crippen LogP contribution is 2.14. The van der Waals surface area contributed by atoms with Gasteiger partial charge in [0, 0.05) is 40.0 Å². The molecule has 0 fully saturated rings. The maximum atomic E-state index is 11.7. The van der Waals surface area contributed by atoms with E-state index in [1.807, 2.05) is 30.3 Å². The molecular formula is C15H23NO4Si. The van der Waals surface area contributed by atoms with Crippen LogP contribution in [0.25, 0.3) is 6.08 Å². The van der Waals surface area contributed by atoms with Gasteiger partial charge in [-0.15, -0.1) is 0 Å². The predicted octanol–water partition coefficient (Wildman–Crippen LogP) is 2.08. The van der Waals surface area contributed by atoms with Crippen LogP contribution in [0.4, 0.5) is 0 Å². The second kappa shape index (κ2) is 9.46. The van der Waals surface area contributed by atoms with Crippen LogP contribution in [0.15, 0.2) is 36.4 Å². The van der Waals surface area contributed by atoms with Gasteiger partial charge in [0.15, 0.2) is 0 Å². The molecule has 0 aliphatic rings. The van der Waals surface area contributed by atoms with E-state index in [4.69, 9.17) is 13.3 Å². The second-order valence-electron chi connectivity index (χ2n) is 4.43. The molecule has 0 aliphatic heterocycles. The zero-order valence-corrected chi connectivity index (χ0v) is 13.8. The molecule has 1 amide bonds. The van der Waals surface area contributed by atoms with Crippen LogP contribution in [0.5, 0.6) is 0 Å². The molecule has 0 aromatic heterocycles. The van der Waals surface area contributed by atoms with E-state index in [9.17, 15) is 4.79 Å². The van der Waals surface area contributed by atoms with Crippen LogP contribution in [0.2, 0.25) is 6.04 Å². The van der Waals surface area contributed by atoms with Crippen molar-refractivity contribution in [2.45, 2.75) is 12.5 Å². The SMILES string of the molecule is CO[Si](CCCNC(=O)/C=C/c1ccccc1)(OC)OC. The number of carbonyl (C=O) groups is 1. The Morgan fingerprint density at radius 3 is 2.33 bits per heavy atom. The molecule has 0 saturated heterocycles. The minimum Gasteiger partial charge on any atom is -0.377 e. The summed E-state index contributed by atoms with van der Waals surface area (Å²) in [6, 6.07) is 10.4. The summed E-state index contributed by atoms with van der Waals surface area (Å²) in [5.74, 6) is -0.113. The Labute approximate surface area is 127 Å². The Bertz CT molecular complexity index is 438. The summed E-state index contributed by atoms with van der Waals surface area (Å²) < 4.78 is 15.9.